The van der Waals surface area contributed by atoms with Crippen LogP contribution < -0.4 is 5.32 Å². The van der Waals surface area contributed by atoms with Gasteiger partial charge in [-0.25, -0.2) is 4.79 Å². The fraction of sp³-hybridized carbons (Fsp3) is 0.333. The predicted octanol–water partition coefficient (Wildman–Crippen LogP) is 2.64. The van der Waals surface area contributed by atoms with Crippen LogP contribution in [-0.4, -0.2) is 17.5 Å². The molecule has 0 radical (unpaired) electrons. The summed E-state index contributed by atoms with van der Waals surface area (Å²) in [5, 5.41) is 2.80. The number of ether oxygens (including phenoxy) is 1. The number of benzene rings is 1. The first-order chi connectivity index (χ1) is 9.38. The maximum atomic E-state index is 12.2. The highest BCUT2D eigenvalue weighted by molar-refractivity contribution is 9.10. The monoisotopic (exact) mass is 335 g/mol. The summed E-state index contributed by atoms with van der Waals surface area (Å²) in [5.74, 6) is -0.666. The Balaban J connectivity index is 2.13. The van der Waals surface area contributed by atoms with E-state index in [2.05, 4.69) is 21.2 Å². The minimum atomic E-state index is -0.771. The maximum Gasteiger partial charge on any atom is 0.337 e. The molecule has 2 heterocycles. The standard InChI is InChI=1S/C15H14BrNO3/c1-15(2)13-12(14(19)20-15)10(7-11(18)17-13)8-4-3-5-9(16)6-8/h3-6,10H,7H2,1-2H3,(H,17,18)/t10-/m0/s1. The SMILES string of the molecule is CC1(C)OC(=O)C2=C1NC(=O)C[C@H]2c1cccc(Br)c1. The first-order valence-corrected chi connectivity index (χ1v) is 7.21. The Morgan fingerprint density at radius 3 is 2.80 bits per heavy atom. The van der Waals surface area contributed by atoms with Crippen LogP contribution in [0.15, 0.2) is 40.0 Å². The summed E-state index contributed by atoms with van der Waals surface area (Å²) < 4.78 is 6.31. The molecule has 1 atom stereocenters. The molecule has 0 saturated heterocycles. The number of halogens is 1. The van der Waals surface area contributed by atoms with Crippen molar-refractivity contribution in [2.45, 2.75) is 31.8 Å². The van der Waals surface area contributed by atoms with Crippen molar-refractivity contribution >= 4 is 27.8 Å². The van der Waals surface area contributed by atoms with Crippen molar-refractivity contribution in [1.82, 2.24) is 5.32 Å². The third kappa shape index (κ3) is 2.06. The van der Waals surface area contributed by atoms with Crippen molar-refractivity contribution in [3.63, 3.8) is 0 Å². The minimum absolute atomic E-state index is 0.0832. The highest BCUT2D eigenvalue weighted by Crippen LogP contribution is 2.42. The number of esters is 1. The van der Waals surface area contributed by atoms with E-state index in [0.717, 1.165) is 10.0 Å². The first-order valence-electron chi connectivity index (χ1n) is 6.42. The van der Waals surface area contributed by atoms with Crippen molar-refractivity contribution in [3.8, 4) is 0 Å². The Hall–Kier alpha value is -1.62. The van der Waals surface area contributed by atoms with E-state index in [0.29, 0.717) is 11.3 Å². The van der Waals surface area contributed by atoms with Crippen molar-refractivity contribution < 1.29 is 14.3 Å². The van der Waals surface area contributed by atoms with E-state index in [1.807, 2.05) is 24.3 Å². The van der Waals surface area contributed by atoms with Gasteiger partial charge in [0.15, 0.2) is 0 Å². The fourth-order valence-corrected chi connectivity index (χ4v) is 3.20. The van der Waals surface area contributed by atoms with Crippen molar-refractivity contribution in [2.24, 2.45) is 0 Å². The van der Waals surface area contributed by atoms with Crippen LogP contribution in [0.5, 0.6) is 0 Å². The second kappa shape index (κ2) is 4.45. The van der Waals surface area contributed by atoms with Gasteiger partial charge in [-0.15, -0.1) is 0 Å². The number of carbonyl (C=O) groups excluding carboxylic acids is 2. The zero-order valence-corrected chi connectivity index (χ0v) is 12.8. The highest BCUT2D eigenvalue weighted by atomic mass is 79.9. The molecule has 1 aromatic carbocycles. The molecule has 1 N–H and O–H groups in total. The molecule has 104 valence electrons. The molecule has 2 aliphatic heterocycles. The quantitative estimate of drug-likeness (QED) is 0.802. The van der Waals surface area contributed by atoms with E-state index < -0.39 is 5.60 Å². The lowest BCUT2D eigenvalue weighted by Gasteiger charge is -2.27. The number of hydrogen-bond acceptors (Lipinski definition) is 3. The van der Waals surface area contributed by atoms with Gasteiger partial charge in [0.2, 0.25) is 5.91 Å². The van der Waals surface area contributed by atoms with Crippen LogP contribution in [0.25, 0.3) is 0 Å². The molecule has 1 amide bonds. The third-order valence-electron chi connectivity index (χ3n) is 3.69. The van der Waals surface area contributed by atoms with Crippen LogP contribution in [0.1, 0.15) is 31.7 Å². The van der Waals surface area contributed by atoms with E-state index in [9.17, 15) is 9.59 Å². The van der Waals surface area contributed by atoms with Crippen LogP contribution in [0.3, 0.4) is 0 Å². The van der Waals surface area contributed by atoms with Gasteiger partial charge in [0.1, 0.15) is 5.60 Å². The zero-order chi connectivity index (χ0) is 14.5. The van der Waals surface area contributed by atoms with Gasteiger partial charge in [0, 0.05) is 16.8 Å². The molecule has 3 rings (SSSR count). The topological polar surface area (TPSA) is 55.4 Å². The average Bonchev–Trinajstić information content (AvgIpc) is 2.59. The molecular formula is C15H14BrNO3. The summed E-state index contributed by atoms with van der Waals surface area (Å²) in [6.07, 6.45) is 0.264. The lowest BCUT2D eigenvalue weighted by molar-refractivity contribution is -0.144. The average molecular weight is 336 g/mol. The zero-order valence-electron chi connectivity index (χ0n) is 11.2. The summed E-state index contributed by atoms with van der Waals surface area (Å²) in [7, 11) is 0. The minimum Gasteiger partial charge on any atom is -0.450 e. The molecular weight excluding hydrogens is 322 g/mol. The highest BCUT2D eigenvalue weighted by Gasteiger charge is 2.47. The number of carbonyl (C=O) groups is 2. The van der Waals surface area contributed by atoms with Crippen molar-refractivity contribution in [2.75, 3.05) is 0 Å². The predicted molar refractivity (Wildman–Crippen MR) is 76.8 cm³/mol. The second-order valence-electron chi connectivity index (χ2n) is 5.55. The van der Waals surface area contributed by atoms with Gasteiger partial charge in [-0.3, -0.25) is 4.79 Å². The number of nitrogens with one attached hydrogen (secondary N) is 1. The van der Waals surface area contributed by atoms with Gasteiger partial charge < -0.3 is 10.1 Å². The molecule has 0 aliphatic carbocycles. The van der Waals surface area contributed by atoms with Crippen LogP contribution in [-0.2, 0) is 14.3 Å². The number of cyclic esters (lactones) is 1. The Morgan fingerprint density at radius 1 is 1.35 bits per heavy atom. The van der Waals surface area contributed by atoms with E-state index in [1.165, 1.54) is 0 Å². The molecule has 0 fully saturated rings. The molecule has 0 unspecified atom stereocenters. The van der Waals surface area contributed by atoms with E-state index in [4.69, 9.17) is 4.74 Å². The van der Waals surface area contributed by atoms with E-state index >= 15 is 0 Å². The molecule has 20 heavy (non-hydrogen) atoms. The van der Waals surface area contributed by atoms with E-state index in [-0.39, 0.29) is 24.2 Å². The number of rotatable bonds is 1. The van der Waals surface area contributed by atoms with Gasteiger partial charge >= 0.3 is 5.97 Å². The van der Waals surface area contributed by atoms with Gasteiger partial charge in [0.25, 0.3) is 0 Å². The van der Waals surface area contributed by atoms with Gasteiger partial charge in [-0.2, -0.15) is 0 Å². The summed E-state index contributed by atoms with van der Waals surface area (Å²) in [4.78, 5) is 24.1. The Morgan fingerprint density at radius 2 is 2.10 bits per heavy atom. The largest absolute Gasteiger partial charge is 0.450 e. The second-order valence-corrected chi connectivity index (χ2v) is 6.46. The molecule has 5 heteroatoms. The van der Waals surface area contributed by atoms with Gasteiger partial charge in [-0.05, 0) is 31.5 Å². The lowest BCUT2D eigenvalue weighted by Crippen LogP contribution is -2.38. The summed E-state index contributed by atoms with van der Waals surface area (Å²) in [6, 6.07) is 7.68. The van der Waals surface area contributed by atoms with Crippen molar-refractivity contribution in [1.29, 1.82) is 0 Å². The third-order valence-corrected chi connectivity index (χ3v) is 4.19. The Bertz CT molecular complexity index is 648. The molecule has 0 aromatic heterocycles. The van der Waals surface area contributed by atoms with Gasteiger partial charge in [-0.1, -0.05) is 28.1 Å². The summed E-state index contributed by atoms with van der Waals surface area (Å²) >= 11 is 3.42. The lowest BCUT2D eigenvalue weighted by atomic mass is 9.83. The molecule has 1 aromatic rings. The molecule has 0 saturated carbocycles. The first kappa shape index (κ1) is 13.4. The van der Waals surface area contributed by atoms with Crippen LogP contribution in [0, 0.1) is 0 Å². The summed E-state index contributed by atoms with van der Waals surface area (Å²) in [6.45, 7) is 3.58. The van der Waals surface area contributed by atoms with Crippen LogP contribution >= 0.6 is 15.9 Å². The van der Waals surface area contributed by atoms with Crippen LogP contribution in [0.4, 0.5) is 0 Å². The number of amides is 1. The molecule has 0 spiro atoms. The fourth-order valence-electron chi connectivity index (χ4n) is 2.78. The number of hydrogen-bond donors (Lipinski definition) is 1. The van der Waals surface area contributed by atoms with E-state index in [1.54, 1.807) is 13.8 Å². The van der Waals surface area contributed by atoms with Crippen LogP contribution in [0.2, 0.25) is 0 Å². The molecule has 4 nitrogen and oxygen atoms in total. The van der Waals surface area contributed by atoms with Crippen molar-refractivity contribution in [3.05, 3.63) is 45.6 Å². The normalized spacial score (nSPS) is 24.2. The molecule has 2 aliphatic rings. The summed E-state index contributed by atoms with van der Waals surface area (Å²) in [5.41, 5.74) is 1.35. The molecule has 0 bridgehead atoms. The smallest absolute Gasteiger partial charge is 0.337 e. The Kier molecular flexibility index (Phi) is 2.97. The maximum absolute atomic E-state index is 12.2. The van der Waals surface area contributed by atoms with Gasteiger partial charge in [0.05, 0.1) is 11.3 Å². The Labute approximate surface area is 125 Å².